The van der Waals surface area contributed by atoms with Gasteiger partial charge in [-0.1, -0.05) is 25.2 Å². The summed E-state index contributed by atoms with van der Waals surface area (Å²) >= 11 is 6.65. The van der Waals surface area contributed by atoms with Gasteiger partial charge in [0.05, 0.1) is 10.6 Å². The number of hydrogen-bond acceptors (Lipinski definition) is 3. The highest BCUT2D eigenvalue weighted by Gasteiger charge is 2.07. The van der Waals surface area contributed by atoms with E-state index < -0.39 is 0 Å². The smallest absolute Gasteiger partial charge is 0.298 e. The summed E-state index contributed by atoms with van der Waals surface area (Å²) in [6.07, 6.45) is 0.920. The maximum absolute atomic E-state index is 11.8. The minimum Gasteiger partial charge on any atom is -0.298 e. The van der Waals surface area contributed by atoms with Crippen molar-refractivity contribution in [2.45, 2.75) is 19.9 Å². The van der Waals surface area contributed by atoms with Crippen molar-refractivity contribution < 1.29 is 0 Å². The number of nitrogens with zero attached hydrogens (tertiary/aromatic N) is 1. The molecule has 0 fully saturated rings. The number of thiophene rings is 1. The van der Waals surface area contributed by atoms with E-state index in [1.165, 1.54) is 0 Å². The van der Waals surface area contributed by atoms with E-state index >= 15 is 0 Å². The monoisotopic (exact) mass is 252 g/mol. The zero-order valence-corrected chi connectivity index (χ0v) is 10.5. The average molecular weight is 252 g/mol. The Morgan fingerprint density at radius 3 is 3.00 bits per heavy atom. The molecule has 0 radical (unpaired) electrons. The molecule has 0 aliphatic rings. The Morgan fingerprint density at radius 1 is 1.56 bits per heavy atom. The van der Waals surface area contributed by atoms with Crippen molar-refractivity contribution >= 4 is 23.6 Å². The number of H-pyrrole nitrogens is 1. The molecule has 84 valence electrons. The summed E-state index contributed by atoms with van der Waals surface area (Å²) in [5.41, 5.74) is 0.781. The van der Waals surface area contributed by atoms with Gasteiger partial charge in [-0.05, 0) is 23.9 Å². The molecule has 2 aromatic heterocycles. The molecule has 16 heavy (non-hydrogen) atoms. The SMILES string of the molecule is CCCn1c(-c2cccs2)cc(=S)[nH]c1=O. The van der Waals surface area contributed by atoms with Gasteiger partial charge in [0, 0.05) is 6.54 Å². The minimum atomic E-state index is -0.127. The highest BCUT2D eigenvalue weighted by Crippen LogP contribution is 2.23. The average Bonchev–Trinajstić information content (AvgIpc) is 2.75. The van der Waals surface area contributed by atoms with E-state index in [2.05, 4.69) is 4.98 Å². The van der Waals surface area contributed by atoms with Crippen LogP contribution < -0.4 is 5.69 Å². The van der Waals surface area contributed by atoms with Crippen LogP contribution in [-0.2, 0) is 6.54 Å². The molecule has 0 amide bonds. The van der Waals surface area contributed by atoms with Gasteiger partial charge in [-0.3, -0.25) is 9.55 Å². The minimum absolute atomic E-state index is 0.127. The first-order chi connectivity index (χ1) is 7.72. The lowest BCUT2D eigenvalue weighted by Gasteiger charge is -2.09. The number of rotatable bonds is 3. The normalized spacial score (nSPS) is 10.6. The largest absolute Gasteiger partial charge is 0.326 e. The van der Waals surface area contributed by atoms with Gasteiger partial charge in [0.25, 0.3) is 0 Å². The van der Waals surface area contributed by atoms with E-state index in [0.29, 0.717) is 11.2 Å². The Bertz CT molecular complexity index is 581. The molecule has 0 spiro atoms. The van der Waals surface area contributed by atoms with E-state index in [-0.39, 0.29) is 5.69 Å². The van der Waals surface area contributed by atoms with Crippen LogP contribution in [0.4, 0.5) is 0 Å². The summed E-state index contributed by atoms with van der Waals surface area (Å²) in [5, 5.41) is 2.00. The Kier molecular flexibility index (Phi) is 3.36. The molecule has 0 saturated carbocycles. The molecular weight excluding hydrogens is 240 g/mol. The number of hydrogen-bond donors (Lipinski definition) is 1. The summed E-state index contributed by atoms with van der Waals surface area (Å²) in [7, 11) is 0. The van der Waals surface area contributed by atoms with E-state index in [0.717, 1.165) is 17.0 Å². The quantitative estimate of drug-likeness (QED) is 0.853. The second kappa shape index (κ2) is 4.76. The van der Waals surface area contributed by atoms with Crippen molar-refractivity contribution in [2.24, 2.45) is 0 Å². The summed E-state index contributed by atoms with van der Waals surface area (Å²) < 4.78 is 2.22. The zero-order valence-electron chi connectivity index (χ0n) is 8.90. The van der Waals surface area contributed by atoms with Crippen LogP contribution in [0.1, 0.15) is 13.3 Å². The van der Waals surface area contributed by atoms with Gasteiger partial charge in [0.2, 0.25) is 0 Å². The topological polar surface area (TPSA) is 37.8 Å². The van der Waals surface area contributed by atoms with Crippen molar-refractivity contribution in [3.8, 4) is 10.6 Å². The predicted molar refractivity (Wildman–Crippen MR) is 69.5 cm³/mol. The highest BCUT2D eigenvalue weighted by atomic mass is 32.1. The van der Waals surface area contributed by atoms with Crippen LogP contribution in [0.25, 0.3) is 10.6 Å². The van der Waals surface area contributed by atoms with E-state index in [1.807, 2.05) is 30.5 Å². The summed E-state index contributed by atoms with van der Waals surface area (Å²) in [6.45, 7) is 2.75. The van der Waals surface area contributed by atoms with Crippen LogP contribution in [0.2, 0.25) is 0 Å². The molecule has 0 atom stereocenters. The van der Waals surface area contributed by atoms with Crippen molar-refractivity contribution in [1.29, 1.82) is 0 Å². The summed E-state index contributed by atoms with van der Waals surface area (Å²) in [6, 6.07) is 5.82. The van der Waals surface area contributed by atoms with E-state index in [4.69, 9.17) is 12.2 Å². The molecule has 0 unspecified atom stereocenters. The fraction of sp³-hybridized carbons (Fsp3) is 0.273. The third-order valence-corrected chi connectivity index (χ3v) is 3.37. The van der Waals surface area contributed by atoms with Crippen molar-refractivity contribution in [1.82, 2.24) is 9.55 Å². The maximum atomic E-state index is 11.8. The van der Waals surface area contributed by atoms with Crippen molar-refractivity contribution in [2.75, 3.05) is 0 Å². The highest BCUT2D eigenvalue weighted by molar-refractivity contribution is 7.71. The standard InChI is InChI=1S/C11H12N2OS2/c1-2-5-13-8(9-4-3-6-16-9)7-10(15)12-11(13)14/h3-4,6-7H,2,5H2,1H3,(H,12,14,15). The number of nitrogens with one attached hydrogen (secondary N) is 1. The van der Waals surface area contributed by atoms with Crippen LogP contribution in [0.15, 0.2) is 28.4 Å². The first kappa shape index (κ1) is 11.3. The summed E-state index contributed by atoms with van der Waals surface area (Å²) in [5.74, 6) is 0. The maximum Gasteiger partial charge on any atom is 0.326 e. The van der Waals surface area contributed by atoms with Crippen molar-refractivity contribution in [3.05, 3.63) is 38.7 Å². The van der Waals surface area contributed by atoms with Crippen LogP contribution in [0, 0.1) is 4.64 Å². The Morgan fingerprint density at radius 2 is 2.38 bits per heavy atom. The first-order valence-corrected chi connectivity index (χ1v) is 6.39. The third kappa shape index (κ3) is 2.15. The fourth-order valence-corrected chi connectivity index (χ4v) is 2.54. The Balaban J connectivity index is 2.67. The van der Waals surface area contributed by atoms with E-state index in [1.54, 1.807) is 15.9 Å². The molecule has 0 bridgehead atoms. The van der Waals surface area contributed by atoms with Gasteiger partial charge in [-0.15, -0.1) is 11.3 Å². The molecule has 2 aromatic rings. The lowest BCUT2D eigenvalue weighted by molar-refractivity contribution is 0.642. The predicted octanol–water partition coefficient (Wildman–Crippen LogP) is 3.04. The van der Waals surface area contributed by atoms with Gasteiger partial charge in [0.15, 0.2) is 0 Å². The second-order valence-corrected chi connectivity index (χ2v) is 4.84. The summed E-state index contributed by atoms with van der Waals surface area (Å²) in [4.78, 5) is 15.5. The Hall–Kier alpha value is -1.20. The van der Waals surface area contributed by atoms with Gasteiger partial charge in [-0.2, -0.15) is 0 Å². The number of aromatic nitrogens is 2. The van der Waals surface area contributed by atoms with E-state index in [9.17, 15) is 4.79 Å². The molecule has 2 rings (SSSR count). The molecule has 0 aliphatic heterocycles. The van der Waals surface area contributed by atoms with Gasteiger partial charge in [0.1, 0.15) is 4.64 Å². The van der Waals surface area contributed by atoms with Gasteiger partial charge < -0.3 is 0 Å². The van der Waals surface area contributed by atoms with Crippen LogP contribution in [-0.4, -0.2) is 9.55 Å². The van der Waals surface area contributed by atoms with Crippen LogP contribution in [0.3, 0.4) is 0 Å². The zero-order chi connectivity index (χ0) is 11.5. The molecule has 1 N–H and O–H groups in total. The molecule has 2 heterocycles. The number of aromatic amines is 1. The van der Waals surface area contributed by atoms with Gasteiger partial charge in [-0.25, -0.2) is 4.79 Å². The van der Waals surface area contributed by atoms with Crippen LogP contribution >= 0.6 is 23.6 Å². The van der Waals surface area contributed by atoms with Crippen LogP contribution in [0.5, 0.6) is 0 Å². The van der Waals surface area contributed by atoms with Gasteiger partial charge >= 0.3 is 5.69 Å². The molecule has 5 heteroatoms. The third-order valence-electron chi connectivity index (χ3n) is 2.25. The second-order valence-electron chi connectivity index (χ2n) is 3.45. The molecule has 3 nitrogen and oxygen atoms in total. The Labute approximate surface area is 102 Å². The van der Waals surface area contributed by atoms with Crippen molar-refractivity contribution in [3.63, 3.8) is 0 Å². The lowest BCUT2D eigenvalue weighted by Crippen LogP contribution is -2.24. The fourth-order valence-electron chi connectivity index (χ4n) is 1.59. The first-order valence-electron chi connectivity index (χ1n) is 5.10. The lowest BCUT2D eigenvalue weighted by atomic mass is 10.3. The molecule has 0 aromatic carbocycles. The molecular formula is C11H12N2OS2. The molecule has 0 saturated heterocycles. The molecule has 0 aliphatic carbocycles.